The van der Waals surface area contributed by atoms with Crippen LogP contribution in [0.5, 0.6) is 0 Å². The minimum absolute atomic E-state index is 0.378. The molecule has 0 aliphatic heterocycles. The van der Waals surface area contributed by atoms with Crippen LogP contribution >= 0.6 is 0 Å². The predicted octanol–water partition coefficient (Wildman–Crippen LogP) is 2.07. The van der Waals surface area contributed by atoms with Crippen LogP contribution in [0, 0.1) is 0 Å². The van der Waals surface area contributed by atoms with Crippen molar-refractivity contribution in [2.45, 2.75) is 38.6 Å². The van der Waals surface area contributed by atoms with Crippen molar-refractivity contribution in [1.82, 2.24) is 9.88 Å². The van der Waals surface area contributed by atoms with E-state index in [1.54, 1.807) is 0 Å². The summed E-state index contributed by atoms with van der Waals surface area (Å²) in [5.41, 5.74) is 7.26. The third-order valence-electron chi connectivity index (χ3n) is 3.17. The molecule has 17 heavy (non-hydrogen) atoms. The van der Waals surface area contributed by atoms with E-state index in [0.29, 0.717) is 6.04 Å². The van der Waals surface area contributed by atoms with E-state index in [0.717, 1.165) is 32.4 Å². The van der Waals surface area contributed by atoms with E-state index in [1.165, 1.54) is 12.0 Å². The molecular formula is C14H25N3. The van der Waals surface area contributed by atoms with Gasteiger partial charge in [0, 0.05) is 25.0 Å². The van der Waals surface area contributed by atoms with Crippen molar-refractivity contribution >= 4 is 0 Å². The predicted molar refractivity (Wildman–Crippen MR) is 72.9 cm³/mol. The van der Waals surface area contributed by atoms with E-state index >= 15 is 0 Å². The van der Waals surface area contributed by atoms with Crippen LogP contribution in [-0.4, -0.2) is 36.1 Å². The molecule has 0 aliphatic rings. The van der Waals surface area contributed by atoms with Crippen LogP contribution in [-0.2, 0) is 6.42 Å². The van der Waals surface area contributed by atoms with Crippen molar-refractivity contribution < 1.29 is 0 Å². The highest BCUT2D eigenvalue weighted by molar-refractivity contribution is 5.09. The molecule has 0 saturated carbocycles. The van der Waals surface area contributed by atoms with Crippen molar-refractivity contribution in [3.05, 3.63) is 30.1 Å². The second-order valence-corrected chi connectivity index (χ2v) is 4.72. The summed E-state index contributed by atoms with van der Waals surface area (Å²) in [6.07, 6.45) is 8.22. The highest BCUT2D eigenvalue weighted by atomic mass is 15.1. The number of hydrogen-bond acceptors (Lipinski definition) is 3. The van der Waals surface area contributed by atoms with Crippen molar-refractivity contribution in [1.29, 1.82) is 0 Å². The normalized spacial score (nSPS) is 12.9. The molecule has 0 saturated heterocycles. The third kappa shape index (κ3) is 6.39. The molecule has 1 aromatic heterocycles. The zero-order valence-electron chi connectivity index (χ0n) is 11.1. The molecule has 0 bridgehead atoms. The largest absolute Gasteiger partial charge is 0.328 e. The summed E-state index contributed by atoms with van der Waals surface area (Å²) in [6, 6.07) is 4.55. The second kappa shape index (κ2) is 8.20. The van der Waals surface area contributed by atoms with Gasteiger partial charge in [0.2, 0.25) is 0 Å². The molecule has 1 atom stereocenters. The average Bonchev–Trinajstić information content (AvgIpc) is 2.37. The maximum absolute atomic E-state index is 5.90. The summed E-state index contributed by atoms with van der Waals surface area (Å²) in [5.74, 6) is 0. The molecular weight excluding hydrogens is 210 g/mol. The van der Waals surface area contributed by atoms with Gasteiger partial charge in [-0.1, -0.05) is 6.92 Å². The molecule has 0 radical (unpaired) electrons. The number of nitrogens with zero attached hydrogens (tertiary/aromatic N) is 2. The van der Waals surface area contributed by atoms with E-state index in [2.05, 4.69) is 36.0 Å². The molecule has 0 aliphatic carbocycles. The van der Waals surface area contributed by atoms with Crippen molar-refractivity contribution in [2.75, 3.05) is 20.1 Å². The fraction of sp³-hybridized carbons (Fsp3) is 0.643. The molecule has 3 heteroatoms. The van der Waals surface area contributed by atoms with Crippen LogP contribution in [0.2, 0.25) is 0 Å². The lowest BCUT2D eigenvalue weighted by Crippen LogP contribution is -2.25. The lowest BCUT2D eigenvalue weighted by Gasteiger charge is -2.17. The van der Waals surface area contributed by atoms with Gasteiger partial charge < -0.3 is 10.6 Å². The Morgan fingerprint density at radius 3 is 2.65 bits per heavy atom. The first-order chi connectivity index (χ1) is 8.22. The topological polar surface area (TPSA) is 42.1 Å². The van der Waals surface area contributed by atoms with Gasteiger partial charge in [0.15, 0.2) is 0 Å². The van der Waals surface area contributed by atoms with Crippen LogP contribution < -0.4 is 5.73 Å². The number of hydrogen-bond donors (Lipinski definition) is 1. The Morgan fingerprint density at radius 2 is 2.00 bits per heavy atom. The number of rotatable bonds is 8. The Hall–Kier alpha value is -0.930. The van der Waals surface area contributed by atoms with Crippen LogP contribution in [0.3, 0.4) is 0 Å². The summed E-state index contributed by atoms with van der Waals surface area (Å²) >= 11 is 0. The van der Waals surface area contributed by atoms with Gasteiger partial charge in [0.05, 0.1) is 0 Å². The van der Waals surface area contributed by atoms with E-state index in [9.17, 15) is 0 Å². The SMILES string of the molecule is CCC(N)CCCN(C)CCc1ccncc1. The molecule has 0 amide bonds. The summed E-state index contributed by atoms with van der Waals surface area (Å²) in [7, 11) is 2.18. The smallest absolute Gasteiger partial charge is 0.0270 e. The van der Waals surface area contributed by atoms with Gasteiger partial charge in [0.25, 0.3) is 0 Å². The average molecular weight is 235 g/mol. The fourth-order valence-electron chi connectivity index (χ4n) is 1.81. The minimum Gasteiger partial charge on any atom is -0.328 e. The summed E-state index contributed by atoms with van der Waals surface area (Å²) in [4.78, 5) is 6.40. The molecule has 0 spiro atoms. The Balaban J connectivity index is 2.11. The van der Waals surface area contributed by atoms with Gasteiger partial charge in [-0.25, -0.2) is 0 Å². The standard InChI is InChI=1S/C14H25N3/c1-3-14(15)5-4-11-17(2)12-8-13-6-9-16-10-7-13/h6-7,9-10,14H,3-5,8,11-12,15H2,1-2H3. The number of pyridine rings is 1. The van der Waals surface area contributed by atoms with Gasteiger partial charge in [-0.2, -0.15) is 0 Å². The molecule has 1 heterocycles. The monoisotopic (exact) mass is 235 g/mol. The van der Waals surface area contributed by atoms with Crippen molar-refractivity contribution in [3.8, 4) is 0 Å². The Morgan fingerprint density at radius 1 is 1.29 bits per heavy atom. The van der Waals surface area contributed by atoms with Gasteiger partial charge in [-0.05, 0) is 57.0 Å². The summed E-state index contributed by atoms with van der Waals surface area (Å²) in [5, 5.41) is 0. The van der Waals surface area contributed by atoms with Crippen molar-refractivity contribution in [3.63, 3.8) is 0 Å². The molecule has 96 valence electrons. The van der Waals surface area contributed by atoms with Gasteiger partial charge >= 0.3 is 0 Å². The van der Waals surface area contributed by atoms with Crippen LogP contribution in [0.15, 0.2) is 24.5 Å². The molecule has 3 nitrogen and oxygen atoms in total. The summed E-state index contributed by atoms with van der Waals surface area (Å²) < 4.78 is 0. The highest BCUT2D eigenvalue weighted by Crippen LogP contribution is 2.02. The first kappa shape index (κ1) is 14.1. The summed E-state index contributed by atoms with van der Waals surface area (Å²) in [6.45, 7) is 4.39. The molecule has 0 fully saturated rings. The van der Waals surface area contributed by atoms with Crippen LogP contribution in [0.25, 0.3) is 0 Å². The quantitative estimate of drug-likeness (QED) is 0.750. The number of likely N-dealkylation sites (N-methyl/N-ethyl adjacent to an activating group) is 1. The van der Waals surface area contributed by atoms with Gasteiger partial charge in [-0.3, -0.25) is 4.98 Å². The second-order valence-electron chi connectivity index (χ2n) is 4.72. The van der Waals surface area contributed by atoms with Crippen molar-refractivity contribution in [2.24, 2.45) is 5.73 Å². The Labute approximate surface area is 105 Å². The van der Waals surface area contributed by atoms with Gasteiger partial charge in [0.1, 0.15) is 0 Å². The zero-order chi connectivity index (χ0) is 12.5. The minimum atomic E-state index is 0.378. The van der Waals surface area contributed by atoms with Crippen LogP contribution in [0.1, 0.15) is 31.7 Å². The first-order valence-corrected chi connectivity index (χ1v) is 6.55. The molecule has 1 unspecified atom stereocenters. The molecule has 1 aromatic rings. The lowest BCUT2D eigenvalue weighted by atomic mass is 10.1. The van der Waals surface area contributed by atoms with Gasteiger partial charge in [-0.15, -0.1) is 0 Å². The molecule has 1 rings (SSSR count). The maximum atomic E-state index is 5.90. The van der Waals surface area contributed by atoms with E-state index in [4.69, 9.17) is 5.73 Å². The third-order valence-corrected chi connectivity index (χ3v) is 3.17. The molecule has 2 N–H and O–H groups in total. The lowest BCUT2D eigenvalue weighted by molar-refractivity contribution is 0.324. The fourth-order valence-corrected chi connectivity index (χ4v) is 1.81. The zero-order valence-corrected chi connectivity index (χ0v) is 11.1. The number of nitrogens with two attached hydrogens (primary N) is 1. The van der Waals surface area contributed by atoms with Crippen LogP contribution in [0.4, 0.5) is 0 Å². The van der Waals surface area contributed by atoms with E-state index in [1.807, 2.05) is 12.4 Å². The Kier molecular flexibility index (Phi) is 6.82. The Bertz CT molecular complexity index is 287. The highest BCUT2D eigenvalue weighted by Gasteiger charge is 2.02. The molecule has 0 aromatic carbocycles. The first-order valence-electron chi connectivity index (χ1n) is 6.55. The van der Waals surface area contributed by atoms with E-state index < -0.39 is 0 Å². The number of aromatic nitrogens is 1. The maximum Gasteiger partial charge on any atom is 0.0270 e. The van der Waals surface area contributed by atoms with E-state index in [-0.39, 0.29) is 0 Å².